The molecular formula is C19H27F3N2O2. The zero-order valence-corrected chi connectivity index (χ0v) is 15.2. The van der Waals surface area contributed by atoms with E-state index in [-0.39, 0.29) is 17.7 Å². The molecule has 1 saturated heterocycles. The van der Waals surface area contributed by atoms with Crippen LogP contribution in [0.25, 0.3) is 0 Å². The zero-order chi connectivity index (χ0) is 19.2. The second-order valence-corrected chi connectivity index (χ2v) is 7.03. The van der Waals surface area contributed by atoms with Crippen LogP contribution in [0.4, 0.5) is 13.2 Å². The fraction of sp³-hybridized carbons (Fsp3) is 0.632. The smallest absolute Gasteiger partial charge is 0.422 e. The Bertz CT molecular complexity index is 569. The van der Waals surface area contributed by atoms with E-state index in [2.05, 4.69) is 22.3 Å². The Morgan fingerprint density at radius 3 is 2.42 bits per heavy atom. The van der Waals surface area contributed by atoms with Gasteiger partial charge in [0.2, 0.25) is 5.91 Å². The predicted molar refractivity (Wildman–Crippen MR) is 93.9 cm³/mol. The highest BCUT2D eigenvalue weighted by Gasteiger charge is 2.28. The Morgan fingerprint density at radius 2 is 1.85 bits per heavy atom. The van der Waals surface area contributed by atoms with Crippen LogP contribution in [-0.2, 0) is 4.79 Å². The van der Waals surface area contributed by atoms with E-state index in [0.29, 0.717) is 18.3 Å². The highest BCUT2D eigenvalue weighted by Crippen LogP contribution is 2.25. The van der Waals surface area contributed by atoms with Crippen molar-refractivity contribution < 1.29 is 22.7 Å². The molecule has 0 saturated carbocycles. The minimum Gasteiger partial charge on any atom is -0.484 e. The number of rotatable bonds is 7. The van der Waals surface area contributed by atoms with Crippen molar-refractivity contribution in [3.8, 4) is 5.75 Å². The van der Waals surface area contributed by atoms with Crippen LogP contribution in [-0.4, -0.2) is 31.8 Å². The van der Waals surface area contributed by atoms with E-state index in [1.165, 1.54) is 12.1 Å². The molecule has 146 valence electrons. The highest BCUT2D eigenvalue weighted by atomic mass is 19.4. The van der Waals surface area contributed by atoms with Gasteiger partial charge in [0.1, 0.15) is 5.75 Å². The van der Waals surface area contributed by atoms with Crippen molar-refractivity contribution in [1.29, 1.82) is 0 Å². The molecule has 4 nitrogen and oxygen atoms in total. The maximum Gasteiger partial charge on any atom is 0.422 e. The van der Waals surface area contributed by atoms with E-state index in [9.17, 15) is 18.0 Å². The summed E-state index contributed by atoms with van der Waals surface area (Å²) >= 11 is 0. The third kappa shape index (κ3) is 6.86. The number of benzene rings is 1. The van der Waals surface area contributed by atoms with Crippen LogP contribution < -0.4 is 15.4 Å². The van der Waals surface area contributed by atoms with Crippen LogP contribution in [0, 0.1) is 11.8 Å². The SMILES string of the molecule is CC(NC(=O)CC(C)C1CCNCC1)c1ccc(OCC(F)(F)F)cc1. The molecule has 1 amide bonds. The number of alkyl halides is 3. The predicted octanol–water partition coefficient (Wildman–Crippen LogP) is 3.83. The molecule has 1 aromatic rings. The summed E-state index contributed by atoms with van der Waals surface area (Å²) < 4.78 is 41.2. The molecule has 2 N–H and O–H groups in total. The maximum absolute atomic E-state index is 12.3. The van der Waals surface area contributed by atoms with E-state index >= 15 is 0 Å². The van der Waals surface area contributed by atoms with Gasteiger partial charge in [0.15, 0.2) is 6.61 Å². The summed E-state index contributed by atoms with van der Waals surface area (Å²) in [5.74, 6) is 1.06. The Kier molecular flexibility index (Phi) is 7.32. The number of carbonyl (C=O) groups excluding carboxylic acids is 1. The first kappa shape index (κ1) is 20.6. The van der Waals surface area contributed by atoms with Gasteiger partial charge < -0.3 is 15.4 Å². The topological polar surface area (TPSA) is 50.4 Å². The van der Waals surface area contributed by atoms with Crippen molar-refractivity contribution in [2.24, 2.45) is 11.8 Å². The highest BCUT2D eigenvalue weighted by molar-refractivity contribution is 5.76. The average Bonchev–Trinajstić information content (AvgIpc) is 2.60. The van der Waals surface area contributed by atoms with Gasteiger partial charge in [-0.25, -0.2) is 0 Å². The van der Waals surface area contributed by atoms with Crippen molar-refractivity contribution >= 4 is 5.91 Å². The van der Waals surface area contributed by atoms with Crippen molar-refractivity contribution in [2.75, 3.05) is 19.7 Å². The number of nitrogens with one attached hydrogen (secondary N) is 2. The summed E-state index contributed by atoms with van der Waals surface area (Å²) in [5, 5.41) is 6.29. The van der Waals surface area contributed by atoms with Gasteiger partial charge >= 0.3 is 6.18 Å². The van der Waals surface area contributed by atoms with E-state index in [1.54, 1.807) is 12.1 Å². The van der Waals surface area contributed by atoms with Gasteiger partial charge in [0.05, 0.1) is 6.04 Å². The molecule has 1 aliphatic heterocycles. The molecule has 2 atom stereocenters. The van der Waals surface area contributed by atoms with Crippen LogP contribution in [0.5, 0.6) is 5.75 Å². The first-order valence-electron chi connectivity index (χ1n) is 9.04. The van der Waals surface area contributed by atoms with Gasteiger partial charge in [-0.1, -0.05) is 19.1 Å². The summed E-state index contributed by atoms with van der Waals surface area (Å²) in [7, 11) is 0. The molecule has 1 aliphatic rings. The van der Waals surface area contributed by atoms with Crippen molar-refractivity contribution in [2.45, 2.75) is 45.3 Å². The minimum atomic E-state index is -4.36. The van der Waals surface area contributed by atoms with Crippen LogP contribution in [0.2, 0.25) is 0 Å². The number of hydrogen-bond donors (Lipinski definition) is 2. The number of ether oxygens (including phenoxy) is 1. The molecule has 0 aromatic heterocycles. The fourth-order valence-electron chi connectivity index (χ4n) is 3.27. The normalized spacial score (nSPS) is 18.2. The molecule has 0 bridgehead atoms. The number of halogens is 3. The summed E-state index contributed by atoms with van der Waals surface area (Å²) in [5.41, 5.74) is 0.826. The Balaban J connectivity index is 1.80. The van der Waals surface area contributed by atoms with Gasteiger partial charge in [-0.3, -0.25) is 4.79 Å². The largest absolute Gasteiger partial charge is 0.484 e. The van der Waals surface area contributed by atoms with E-state index in [0.717, 1.165) is 31.5 Å². The third-order valence-electron chi connectivity index (χ3n) is 4.86. The molecule has 0 radical (unpaired) electrons. The maximum atomic E-state index is 12.3. The zero-order valence-electron chi connectivity index (χ0n) is 15.2. The molecule has 0 spiro atoms. The van der Waals surface area contributed by atoms with Gasteiger partial charge in [-0.2, -0.15) is 13.2 Å². The molecule has 7 heteroatoms. The van der Waals surface area contributed by atoms with Gasteiger partial charge in [-0.15, -0.1) is 0 Å². The monoisotopic (exact) mass is 372 g/mol. The quantitative estimate of drug-likeness (QED) is 0.765. The number of piperidine rings is 1. The summed E-state index contributed by atoms with van der Waals surface area (Å²) in [4.78, 5) is 12.3. The lowest BCUT2D eigenvalue weighted by Gasteiger charge is -2.28. The molecular weight excluding hydrogens is 345 g/mol. The lowest BCUT2D eigenvalue weighted by atomic mass is 9.84. The standard InChI is InChI=1S/C19H27F3N2O2/c1-13(15-7-9-23-10-8-15)11-18(25)24-14(2)16-3-5-17(6-4-16)26-12-19(20,21)22/h3-6,13-15,23H,7-12H2,1-2H3,(H,24,25). The fourth-order valence-corrected chi connectivity index (χ4v) is 3.27. The Labute approximate surface area is 152 Å². The van der Waals surface area contributed by atoms with Crippen molar-refractivity contribution in [1.82, 2.24) is 10.6 Å². The molecule has 2 unspecified atom stereocenters. The Hall–Kier alpha value is -1.76. The Morgan fingerprint density at radius 1 is 1.23 bits per heavy atom. The minimum absolute atomic E-state index is 0.000862. The second-order valence-electron chi connectivity index (χ2n) is 7.03. The lowest BCUT2D eigenvalue weighted by Crippen LogP contribution is -2.34. The lowest BCUT2D eigenvalue weighted by molar-refractivity contribution is -0.153. The van der Waals surface area contributed by atoms with E-state index in [1.807, 2.05) is 6.92 Å². The molecule has 2 rings (SSSR count). The summed E-state index contributed by atoms with van der Waals surface area (Å²) in [6.45, 7) is 4.68. The molecule has 1 aromatic carbocycles. The first-order valence-corrected chi connectivity index (χ1v) is 9.04. The van der Waals surface area contributed by atoms with E-state index in [4.69, 9.17) is 0 Å². The molecule has 1 heterocycles. The summed E-state index contributed by atoms with van der Waals surface area (Å²) in [6, 6.07) is 6.11. The van der Waals surface area contributed by atoms with Gasteiger partial charge in [-0.05, 0) is 62.4 Å². The number of hydrogen-bond acceptors (Lipinski definition) is 3. The van der Waals surface area contributed by atoms with Crippen LogP contribution in [0.15, 0.2) is 24.3 Å². The molecule has 26 heavy (non-hydrogen) atoms. The third-order valence-corrected chi connectivity index (χ3v) is 4.86. The van der Waals surface area contributed by atoms with Crippen molar-refractivity contribution in [3.63, 3.8) is 0 Å². The van der Waals surface area contributed by atoms with E-state index < -0.39 is 12.8 Å². The van der Waals surface area contributed by atoms with Crippen LogP contribution >= 0.6 is 0 Å². The van der Waals surface area contributed by atoms with Gasteiger partial charge in [0.25, 0.3) is 0 Å². The van der Waals surface area contributed by atoms with Gasteiger partial charge in [0, 0.05) is 6.42 Å². The number of amides is 1. The van der Waals surface area contributed by atoms with Crippen LogP contribution in [0.1, 0.15) is 44.7 Å². The van der Waals surface area contributed by atoms with Crippen LogP contribution in [0.3, 0.4) is 0 Å². The van der Waals surface area contributed by atoms with Crippen molar-refractivity contribution in [3.05, 3.63) is 29.8 Å². The average molecular weight is 372 g/mol. The first-order chi connectivity index (χ1) is 12.2. The molecule has 1 fully saturated rings. The summed E-state index contributed by atoms with van der Waals surface area (Å²) in [6.07, 6.45) is -1.67. The molecule has 0 aliphatic carbocycles. The number of carbonyl (C=O) groups is 1. The second kappa shape index (κ2) is 9.26.